The second-order valence-corrected chi connectivity index (χ2v) is 9.94. The van der Waals surface area contributed by atoms with E-state index in [1.165, 1.54) is 74.5 Å². The van der Waals surface area contributed by atoms with Crippen LogP contribution in [0.5, 0.6) is 0 Å². The molecule has 0 aliphatic heterocycles. The Labute approximate surface area is 218 Å². The summed E-state index contributed by atoms with van der Waals surface area (Å²) in [5, 5.41) is 4.53. The van der Waals surface area contributed by atoms with E-state index in [9.17, 15) is 0 Å². The number of unbranched alkanes of at least 4 members (excludes halogenated alkanes) is 6. The number of halogens is 2. The predicted octanol–water partition coefficient (Wildman–Crippen LogP) is 2.14. The van der Waals surface area contributed by atoms with Crippen molar-refractivity contribution in [2.75, 3.05) is 12.3 Å². The van der Waals surface area contributed by atoms with Crippen molar-refractivity contribution in [3.63, 3.8) is 0 Å². The van der Waals surface area contributed by atoms with Crippen LogP contribution in [-0.4, -0.2) is 12.3 Å². The maximum atomic E-state index is 2.99. The van der Waals surface area contributed by atoms with E-state index in [-0.39, 0.29) is 58.6 Å². The summed E-state index contributed by atoms with van der Waals surface area (Å²) in [4.78, 5) is 0. The molecule has 0 saturated heterocycles. The van der Waals surface area contributed by atoms with E-state index in [2.05, 4.69) is 62.4 Å². The molecule has 2 aromatic carbocycles. The van der Waals surface area contributed by atoms with Gasteiger partial charge in [-0.2, -0.15) is 12.1 Å². The van der Waals surface area contributed by atoms with E-state index in [1.54, 1.807) is 5.30 Å². The van der Waals surface area contributed by atoms with Gasteiger partial charge in [0.2, 0.25) is 0 Å². The Morgan fingerprint density at radius 2 is 1.53 bits per heavy atom. The Balaban J connectivity index is 0. The third kappa shape index (κ3) is 12.9. The number of hydrogen-bond acceptors (Lipinski definition) is 0. The van der Waals surface area contributed by atoms with E-state index in [0.717, 1.165) is 6.42 Å². The van der Waals surface area contributed by atoms with Gasteiger partial charge in [0.15, 0.2) is 0 Å². The minimum Gasteiger partial charge on any atom is -1.00 e. The summed E-state index contributed by atoms with van der Waals surface area (Å²) in [5.41, 5.74) is 0. The van der Waals surface area contributed by atoms with Gasteiger partial charge in [-0.05, 0) is 25.2 Å². The van der Waals surface area contributed by atoms with Gasteiger partial charge in [-0.3, -0.25) is 6.08 Å². The molecule has 0 saturated carbocycles. The fraction of sp³-hybridized carbons (Fsp3) is 0.500. The first-order valence-corrected chi connectivity index (χ1v) is 12.7. The summed E-state index contributed by atoms with van der Waals surface area (Å²) in [6.07, 6.45) is 24.1. The Morgan fingerprint density at radius 1 is 0.900 bits per heavy atom. The minimum atomic E-state index is 0. The molecule has 0 radical (unpaired) electrons. The Bertz CT molecular complexity index is 638. The van der Waals surface area contributed by atoms with E-state index in [0.29, 0.717) is 0 Å². The molecule has 0 N–H and O–H groups in total. The summed E-state index contributed by atoms with van der Waals surface area (Å²) in [5.74, 6) is 0. The van der Waals surface area contributed by atoms with Gasteiger partial charge in [0.1, 0.15) is 0 Å². The fourth-order valence-electron chi connectivity index (χ4n) is 3.49. The van der Waals surface area contributed by atoms with Crippen molar-refractivity contribution >= 4 is 24.0 Å². The van der Waals surface area contributed by atoms with E-state index < -0.39 is 0 Å². The van der Waals surface area contributed by atoms with Crippen molar-refractivity contribution in [1.82, 2.24) is 0 Å². The topological polar surface area (TPSA) is 0 Å². The maximum absolute atomic E-state index is 2.99. The first-order valence-electron chi connectivity index (χ1n) is 11.0. The van der Waals surface area contributed by atoms with Gasteiger partial charge in [0, 0.05) is 0 Å². The molecule has 164 valence electrons. The van der Waals surface area contributed by atoms with Crippen molar-refractivity contribution in [3.8, 4) is 0 Å². The van der Waals surface area contributed by atoms with Gasteiger partial charge in [-0.15, -0.1) is 46.8 Å². The maximum Gasteiger partial charge on any atom is 4.00 e. The quantitative estimate of drug-likeness (QED) is 0.155. The van der Waals surface area contributed by atoms with Crippen LogP contribution >= 0.6 is 7.92 Å². The number of allylic oxidation sites excluding steroid dienone is 4. The van der Waals surface area contributed by atoms with Crippen molar-refractivity contribution in [3.05, 3.63) is 60.7 Å². The van der Waals surface area contributed by atoms with Gasteiger partial charge in [-0.25, -0.2) is 12.2 Å². The van der Waals surface area contributed by atoms with E-state index in [1.807, 2.05) is 12.2 Å². The largest absolute Gasteiger partial charge is 4.00 e. The van der Waals surface area contributed by atoms with Crippen molar-refractivity contribution in [2.45, 2.75) is 71.6 Å². The molecule has 2 aromatic rings. The molecular weight excluding hydrogens is 593 g/mol. The number of rotatable bonds is 11. The first-order chi connectivity index (χ1) is 13.3. The summed E-state index contributed by atoms with van der Waals surface area (Å²) in [6.45, 7) is 4.61. The van der Waals surface area contributed by atoms with Gasteiger partial charge >= 0.3 is 25.8 Å². The minimum absolute atomic E-state index is 0. The zero-order valence-corrected chi connectivity index (χ0v) is 24.7. The first kappa shape index (κ1) is 32.4. The molecule has 1 aliphatic carbocycles. The van der Waals surface area contributed by atoms with Crippen molar-refractivity contribution < 1.29 is 50.7 Å². The number of hydrogen-bond donors (Lipinski definition) is 0. The average Bonchev–Trinajstić information content (AvgIpc) is 3.39. The average molecular weight is 630 g/mol. The summed E-state index contributed by atoms with van der Waals surface area (Å²) < 4.78 is 0. The molecule has 0 atom stereocenters. The van der Waals surface area contributed by atoms with Crippen LogP contribution in [0, 0.1) is 6.08 Å². The molecule has 4 heteroatoms. The van der Waals surface area contributed by atoms with Crippen LogP contribution in [0.3, 0.4) is 0 Å². The molecule has 1 aliphatic rings. The predicted molar refractivity (Wildman–Crippen MR) is 126 cm³/mol. The molecule has 3 rings (SSSR count). The molecular formula is C26H37Cl2HfP. The fourth-order valence-corrected chi connectivity index (χ4v) is 6.08. The Morgan fingerprint density at radius 3 is 2.00 bits per heavy atom. The van der Waals surface area contributed by atoms with Crippen LogP contribution in [0.4, 0.5) is 0 Å². The Hall–Kier alpha value is 0.190. The molecule has 0 aromatic heterocycles. The van der Waals surface area contributed by atoms with Crippen LogP contribution in [0.1, 0.15) is 71.6 Å². The third-order valence-electron chi connectivity index (χ3n) is 5.12. The standard InChI is InChI=1S/C21H32P.C5H5.2ClH.Hf/c1-3-5-7-11-15-22(16-12-8-6-4-2)21-17-19-13-9-10-14-20(19)18-21;1-2-4-5-3-1;;;/h9-10,13-14,17-18H,3-8,11-12,15-16H2,1-2H3;1-3H,4H2;2*1H;/q2*-1;;;+4/p-2. The van der Waals surface area contributed by atoms with Crippen LogP contribution in [0.2, 0.25) is 0 Å². The van der Waals surface area contributed by atoms with Crippen LogP contribution in [0.25, 0.3) is 10.8 Å². The molecule has 0 heterocycles. The van der Waals surface area contributed by atoms with Crippen molar-refractivity contribution in [2.24, 2.45) is 0 Å². The van der Waals surface area contributed by atoms with Crippen molar-refractivity contribution in [1.29, 1.82) is 0 Å². The monoisotopic (exact) mass is 630 g/mol. The molecule has 0 amide bonds. The zero-order chi connectivity index (χ0) is 19.2. The molecule has 0 spiro atoms. The number of fused-ring (bicyclic) bond motifs is 1. The molecule has 0 fully saturated rings. The summed E-state index contributed by atoms with van der Waals surface area (Å²) >= 11 is 0. The summed E-state index contributed by atoms with van der Waals surface area (Å²) in [7, 11) is 0.0642. The normalized spacial score (nSPS) is 11.4. The molecule has 0 unspecified atom stereocenters. The van der Waals surface area contributed by atoms with Crippen LogP contribution in [0.15, 0.2) is 54.6 Å². The van der Waals surface area contributed by atoms with Crippen LogP contribution < -0.4 is 30.1 Å². The van der Waals surface area contributed by atoms with Gasteiger partial charge in [0.25, 0.3) is 0 Å². The second-order valence-electron chi connectivity index (χ2n) is 7.45. The molecule has 30 heavy (non-hydrogen) atoms. The second kappa shape index (κ2) is 21.1. The van der Waals surface area contributed by atoms with E-state index in [4.69, 9.17) is 0 Å². The van der Waals surface area contributed by atoms with Gasteiger partial charge in [0.05, 0.1) is 0 Å². The zero-order valence-electron chi connectivity index (χ0n) is 18.7. The number of benzene rings is 1. The smallest absolute Gasteiger partial charge is 1.00 e. The summed E-state index contributed by atoms with van der Waals surface area (Å²) in [6, 6.07) is 13.8. The van der Waals surface area contributed by atoms with E-state index >= 15 is 0 Å². The van der Waals surface area contributed by atoms with Gasteiger partial charge < -0.3 is 24.8 Å². The molecule has 0 nitrogen and oxygen atoms in total. The molecule has 0 bridgehead atoms. The third-order valence-corrected chi connectivity index (χ3v) is 7.82. The van der Waals surface area contributed by atoms with Crippen LogP contribution in [-0.2, 0) is 25.8 Å². The Kier molecular flexibility index (Phi) is 22.7. The van der Waals surface area contributed by atoms with Gasteiger partial charge in [-0.1, -0.05) is 66.4 Å². The SMILES string of the molecule is CCCCCCP(CCCCCC)c1cc2ccccc2[cH-]1.[C-]1=CC=CC1.[Cl-].[Cl-].[Hf+4].